The van der Waals surface area contributed by atoms with Crippen LogP contribution in [0.15, 0.2) is 36.4 Å². The van der Waals surface area contributed by atoms with E-state index in [-0.39, 0.29) is 25.1 Å². The number of aromatic nitrogens is 1. The normalized spacial score (nSPS) is 19.3. The average Bonchev–Trinajstić information content (AvgIpc) is 3.42. The van der Waals surface area contributed by atoms with E-state index >= 15 is 0 Å². The van der Waals surface area contributed by atoms with Crippen LogP contribution in [0.1, 0.15) is 36.9 Å². The number of anilines is 2. The molecule has 1 aromatic heterocycles. The lowest BCUT2D eigenvalue weighted by molar-refractivity contribution is -0.145. The molecule has 1 atom stereocenters. The topological polar surface area (TPSA) is 36.4 Å². The molecule has 1 aromatic carbocycles. The standard InChI is InChI=1S/C21H18F7N3O/c22-13-3-5-14(6-4-13)31(15-7-8-15)19(32)16-2-1-9-30(16)18-11-12(20(23,24)25)10-17(29-18)21(26,27)28/h3-6,10-11,15-16H,1-2,7-9H2. The van der Waals surface area contributed by atoms with Gasteiger partial charge >= 0.3 is 12.4 Å². The quantitative estimate of drug-likeness (QED) is 0.571. The minimum absolute atomic E-state index is 0.0363. The van der Waals surface area contributed by atoms with E-state index in [0.717, 1.165) is 0 Å². The van der Waals surface area contributed by atoms with Crippen molar-refractivity contribution < 1.29 is 35.5 Å². The van der Waals surface area contributed by atoms with Crippen LogP contribution in [0.4, 0.5) is 42.2 Å². The Kier molecular flexibility index (Phi) is 5.54. The molecule has 0 N–H and O–H groups in total. The fourth-order valence-electron chi connectivity index (χ4n) is 3.88. The molecule has 32 heavy (non-hydrogen) atoms. The maximum atomic E-state index is 13.4. The van der Waals surface area contributed by atoms with Gasteiger partial charge in [0.05, 0.1) is 5.56 Å². The molecule has 1 amide bonds. The Hall–Kier alpha value is -2.85. The predicted octanol–water partition coefficient (Wildman–Crippen LogP) is 5.42. The third kappa shape index (κ3) is 4.51. The van der Waals surface area contributed by atoms with Crippen LogP contribution in [0.3, 0.4) is 0 Å². The van der Waals surface area contributed by atoms with Gasteiger partial charge in [0.2, 0.25) is 5.91 Å². The lowest BCUT2D eigenvalue weighted by Crippen LogP contribution is -2.47. The molecule has 2 fully saturated rings. The van der Waals surface area contributed by atoms with Crippen LogP contribution in [0, 0.1) is 5.82 Å². The van der Waals surface area contributed by atoms with Gasteiger partial charge in [0.15, 0.2) is 0 Å². The SMILES string of the molecule is O=C(C1CCCN1c1cc(C(F)(F)F)cc(C(F)(F)F)n1)N(c1ccc(F)cc1)C1CC1. The zero-order chi connectivity index (χ0) is 23.3. The van der Waals surface area contributed by atoms with E-state index in [4.69, 9.17) is 0 Å². The fraction of sp³-hybridized carbons (Fsp3) is 0.429. The Morgan fingerprint density at radius 2 is 1.62 bits per heavy atom. The van der Waals surface area contributed by atoms with Crippen molar-refractivity contribution >= 4 is 17.4 Å². The Morgan fingerprint density at radius 3 is 2.19 bits per heavy atom. The molecule has 2 heterocycles. The number of carbonyl (C=O) groups excluding carboxylic acids is 1. The number of hydrogen-bond acceptors (Lipinski definition) is 3. The Balaban J connectivity index is 1.70. The van der Waals surface area contributed by atoms with Crippen molar-refractivity contribution in [1.82, 2.24) is 4.98 Å². The van der Waals surface area contributed by atoms with Crippen LogP contribution < -0.4 is 9.80 Å². The highest BCUT2D eigenvalue weighted by Crippen LogP contribution is 2.39. The molecule has 0 bridgehead atoms. The average molecular weight is 461 g/mol. The highest BCUT2D eigenvalue weighted by molar-refractivity contribution is 6.00. The number of pyridine rings is 1. The van der Waals surface area contributed by atoms with E-state index in [1.54, 1.807) is 0 Å². The third-order valence-electron chi connectivity index (χ3n) is 5.52. The number of rotatable bonds is 4. The number of carbonyl (C=O) groups is 1. The summed E-state index contributed by atoms with van der Waals surface area (Å²) in [6.45, 7) is 0.0872. The molecule has 4 rings (SSSR count). The van der Waals surface area contributed by atoms with Crippen molar-refractivity contribution in [1.29, 1.82) is 0 Å². The summed E-state index contributed by atoms with van der Waals surface area (Å²) in [7, 11) is 0. The summed E-state index contributed by atoms with van der Waals surface area (Å²) >= 11 is 0. The number of amides is 1. The van der Waals surface area contributed by atoms with Gasteiger partial charge in [0.25, 0.3) is 0 Å². The number of benzene rings is 1. The summed E-state index contributed by atoms with van der Waals surface area (Å²) in [5, 5.41) is 0. The van der Waals surface area contributed by atoms with Gasteiger partial charge in [-0.3, -0.25) is 4.79 Å². The first-order valence-corrected chi connectivity index (χ1v) is 9.97. The lowest BCUT2D eigenvalue weighted by Gasteiger charge is -2.31. The molecule has 1 aliphatic carbocycles. The lowest BCUT2D eigenvalue weighted by atomic mass is 10.1. The molecule has 2 aromatic rings. The van der Waals surface area contributed by atoms with E-state index in [0.29, 0.717) is 31.0 Å². The molecule has 0 radical (unpaired) electrons. The molecule has 4 nitrogen and oxygen atoms in total. The first kappa shape index (κ1) is 22.3. The van der Waals surface area contributed by atoms with Crippen molar-refractivity contribution in [2.24, 2.45) is 0 Å². The zero-order valence-corrected chi connectivity index (χ0v) is 16.5. The highest BCUT2D eigenvalue weighted by Gasteiger charge is 2.43. The molecule has 0 spiro atoms. The largest absolute Gasteiger partial charge is 0.433 e. The zero-order valence-electron chi connectivity index (χ0n) is 16.5. The van der Waals surface area contributed by atoms with Crippen molar-refractivity contribution in [3.63, 3.8) is 0 Å². The van der Waals surface area contributed by atoms with Crippen LogP contribution in [-0.2, 0) is 17.1 Å². The van der Waals surface area contributed by atoms with Gasteiger partial charge in [-0.1, -0.05) is 0 Å². The fourth-order valence-corrected chi connectivity index (χ4v) is 3.88. The summed E-state index contributed by atoms with van der Waals surface area (Å²) in [6, 6.07) is 4.62. The smallest absolute Gasteiger partial charge is 0.345 e. The maximum absolute atomic E-state index is 13.4. The minimum atomic E-state index is -5.08. The first-order valence-electron chi connectivity index (χ1n) is 9.97. The number of alkyl halides is 6. The van der Waals surface area contributed by atoms with Crippen molar-refractivity contribution in [3.8, 4) is 0 Å². The van der Waals surface area contributed by atoms with Gasteiger partial charge in [-0.05, 0) is 62.1 Å². The summed E-state index contributed by atoms with van der Waals surface area (Å²) in [4.78, 5) is 19.5. The molecule has 11 heteroatoms. The van der Waals surface area contributed by atoms with E-state index in [1.165, 1.54) is 34.1 Å². The Labute approximate surface area is 178 Å². The maximum Gasteiger partial charge on any atom is 0.433 e. The van der Waals surface area contributed by atoms with E-state index < -0.39 is 47.2 Å². The van der Waals surface area contributed by atoms with Crippen molar-refractivity contribution in [2.45, 2.75) is 50.1 Å². The van der Waals surface area contributed by atoms with Crippen molar-refractivity contribution in [2.75, 3.05) is 16.3 Å². The minimum Gasteiger partial charge on any atom is -0.345 e. The van der Waals surface area contributed by atoms with E-state index in [2.05, 4.69) is 4.98 Å². The van der Waals surface area contributed by atoms with Gasteiger partial charge in [0.1, 0.15) is 23.4 Å². The van der Waals surface area contributed by atoms with Gasteiger partial charge < -0.3 is 9.80 Å². The first-order chi connectivity index (χ1) is 14.9. The van der Waals surface area contributed by atoms with Gasteiger partial charge in [0, 0.05) is 18.3 Å². The molecule has 1 saturated heterocycles. The third-order valence-corrected chi connectivity index (χ3v) is 5.52. The summed E-state index contributed by atoms with van der Waals surface area (Å²) in [5.41, 5.74) is -2.72. The van der Waals surface area contributed by atoms with E-state index in [9.17, 15) is 35.5 Å². The van der Waals surface area contributed by atoms with Gasteiger partial charge in [-0.15, -0.1) is 0 Å². The van der Waals surface area contributed by atoms with Crippen LogP contribution in [0.25, 0.3) is 0 Å². The molecule has 1 saturated carbocycles. The Morgan fingerprint density at radius 1 is 0.969 bits per heavy atom. The molecule has 1 unspecified atom stereocenters. The number of hydrogen-bond donors (Lipinski definition) is 0. The monoisotopic (exact) mass is 461 g/mol. The second-order valence-electron chi connectivity index (χ2n) is 7.86. The van der Waals surface area contributed by atoms with Crippen LogP contribution in [0.5, 0.6) is 0 Å². The van der Waals surface area contributed by atoms with Gasteiger partial charge in [-0.25, -0.2) is 9.37 Å². The Bertz CT molecular complexity index is 968. The molecular weight excluding hydrogens is 443 g/mol. The molecule has 2 aliphatic rings. The van der Waals surface area contributed by atoms with Crippen molar-refractivity contribution in [3.05, 3.63) is 53.5 Å². The highest BCUT2D eigenvalue weighted by atomic mass is 19.4. The second kappa shape index (κ2) is 7.93. The summed E-state index contributed by atoms with van der Waals surface area (Å²) in [6.07, 6.45) is -8.03. The molecule has 172 valence electrons. The van der Waals surface area contributed by atoms with E-state index in [1.807, 2.05) is 0 Å². The van der Waals surface area contributed by atoms with Crippen LogP contribution in [-0.4, -0.2) is 29.5 Å². The molecular formula is C21H18F7N3O. The number of halogens is 7. The predicted molar refractivity (Wildman–Crippen MR) is 102 cm³/mol. The molecule has 1 aliphatic heterocycles. The van der Waals surface area contributed by atoms with Crippen LogP contribution in [0.2, 0.25) is 0 Å². The second-order valence-corrected chi connectivity index (χ2v) is 7.86. The summed E-state index contributed by atoms with van der Waals surface area (Å²) < 4.78 is 92.7. The number of nitrogens with zero attached hydrogens (tertiary/aromatic N) is 3. The van der Waals surface area contributed by atoms with Crippen LogP contribution >= 0.6 is 0 Å². The summed E-state index contributed by atoms with van der Waals surface area (Å²) in [5.74, 6) is -1.49. The van der Waals surface area contributed by atoms with Gasteiger partial charge in [-0.2, -0.15) is 26.3 Å².